The van der Waals surface area contributed by atoms with Gasteiger partial charge in [-0.2, -0.15) is 0 Å². The fraction of sp³-hybridized carbons (Fsp3) is 0.308. The summed E-state index contributed by atoms with van der Waals surface area (Å²) in [6, 6.07) is 17.0. The summed E-state index contributed by atoms with van der Waals surface area (Å²) >= 11 is 0. The third kappa shape index (κ3) is 4.29. The van der Waals surface area contributed by atoms with E-state index in [1.54, 1.807) is 10.6 Å². The number of fused-ring (bicyclic) bond motifs is 3. The van der Waals surface area contributed by atoms with E-state index in [2.05, 4.69) is 22.8 Å². The lowest BCUT2D eigenvalue weighted by Gasteiger charge is -2.23. The monoisotopic (exact) mass is 444 g/mol. The lowest BCUT2D eigenvalue weighted by Crippen LogP contribution is -2.27. The van der Waals surface area contributed by atoms with Crippen LogP contribution in [0.1, 0.15) is 24.3 Å². The molecule has 0 radical (unpaired) electrons. The molecule has 5 rings (SSSR count). The average molecular weight is 445 g/mol. The van der Waals surface area contributed by atoms with Gasteiger partial charge in [-0.05, 0) is 94.0 Å². The van der Waals surface area contributed by atoms with Gasteiger partial charge < -0.3 is 20.0 Å². The molecule has 0 saturated carbocycles. The van der Waals surface area contributed by atoms with Gasteiger partial charge in [0, 0.05) is 22.8 Å². The molecule has 7 nitrogen and oxygen atoms in total. The molecule has 4 aromatic rings. The van der Waals surface area contributed by atoms with E-state index >= 15 is 0 Å². The molecule has 33 heavy (non-hydrogen) atoms. The van der Waals surface area contributed by atoms with Crippen molar-refractivity contribution >= 4 is 33.7 Å². The highest BCUT2D eigenvalue weighted by molar-refractivity contribution is 6.03. The molecule has 1 aliphatic rings. The number of furan rings is 1. The van der Waals surface area contributed by atoms with Crippen LogP contribution in [0.15, 0.2) is 63.8 Å². The number of pyridine rings is 1. The Kier molecular flexibility index (Phi) is 5.74. The zero-order valence-electron chi connectivity index (χ0n) is 18.9. The molecule has 2 aromatic carbocycles. The van der Waals surface area contributed by atoms with Gasteiger partial charge in [-0.25, -0.2) is 0 Å². The number of rotatable bonds is 5. The number of nitrogens with one attached hydrogen (secondary N) is 2. The van der Waals surface area contributed by atoms with Crippen LogP contribution < -0.4 is 16.2 Å². The van der Waals surface area contributed by atoms with Gasteiger partial charge in [0.05, 0.1) is 6.54 Å². The van der Waals surface area contributed by atoms with Crippen LogP contribution in [0.2, 0.25) is 0 Å². The van der Waals surface area contributed by atoms with Crippen molar-refractivity contribution in [1.82, 2.24) is 14.8 Å². The minimum absolute atomic E-state index is 0.0849. The molecule has 2 aromatic heterocycles. The van der Waals surface area contributed by atoms with E-state index in [1.807, 2.05) is 49.3 Å². The number of hydrogen-bond donors (Lipinski definition) is 2. The first kappa shape index (κ1) is 21.4. The quantitative estimate of drug-likeness (QED) is 0.491. The number of carbonyl (C=O) groups excluding carboxylic acids is 1. The second-order valence-electron chi connectivity index (χ2n) is 8.93. The van der Waals surface area contributed by atoms with Crippen molar-refractivity contribution in [2.75, 3.05) is 39.0 Å². The molecule has 1 amide bonds. The SMILES string of the molecule is CN(C)CC(=O)Nc1ccc(-n2c(=O)ccc3oc4ccc(C5CCNCC5)cc4c32)cc1. The van der Waals surface area contributed by atoms with Crippen molar-refractivity contribution in [3.63, 3.8) is 0 Å². The molecule has 170 valence electrons. The summed E-state index contributed by atoms with van der Waals surface area (Å²) in [5.41, 5.74) is 4.81. The fourth-order valence-corrected chi connectivity index (χ4v) is 4.64. The molecule has 0 spiro atoms. The van der Waals surface area contributed by atoms with Gasteiger partial charge in [-0.15, -0.1) is 0 Å². The van der Waals surface area contributed by atoms with Crippen molar-refractivity contribution in [3.8, 4) is 5.69 Å². The van der Waals surface area contributed by atoms with Crippen molar-refractivity contribution in [1.29, 1.82) is 0 Å². The Labute approximate surface area is 192 Å². The molecule has 0 atom stereocenters. The van der Waals surface area contributed by atoms with E-state index in [0.717, 1.165) is 48.1 Å². The highest BCUT2D eigenvalue weighted by atomic mass is 16.3. The number of amides is 1. The van der Waals surface area contributed by atoms with E-state index in [-0.39, 0.29) is 11.5 Å². The van der Waals surface area contributed by atoms with E-state index < -0.39 is 0 Å². The van der Waals surface area contributed by atoms with Gasteiger partial charge >= 0.3 is 0 Å². The number of hydrogen-bond acceptors (Lipinski definition) is 5. The molecular weight excluding hydrogens is 416 g/mol. The molecular formula is C26H28N4O3. The number of aromatic nitrogens is 1. The Morgan fingerprint density at radius 2 is 1.79 bits per heavy atom. The van der Waals surface area contributed by atoms with Crippen LogP contribution >= 0.6 is 0 Å². The van der Waals surface area contributed by atoms with E-state index in [0.29, 0.717) is 23.7 Å². The maximum Gasteiger partial charge on any atom is 0.255 e. The Morgan fingerprint density at radius 3 is 2.52 bits per heavy atom. The maximum atomic E-state index is 13.0. The van der Waals surface area contributed by atoms with Crippen LogP contribution in [-0.2, 0) is 4.79 Å². The molecule has 7 heteroatoms. The van der Waals surface area contributed by atoms with Gasteiger partial charge in [-0.1, -0.05) is 6.07 Å². The highest BCUT2D eigenvalue weighted by Gasteiger charge is 2.19. The number of carbonyl (C=O) groups is 1. The third-order valence-electron chi connectivity index (χ3n) is 6.21. The standard InChI is InChI=1S/C26H28N4O3/c1-29(2)16-24(31)28-19-4-6-20(7-5-19)30-25(32)10-9-23-26(30)21-15-18(3-8-22(21)33-23)17-11-13-27-14-12-17/h3-10,15,17,27H,11-14,16H2,1-2H3,(H,28,31). The summed E-state index contributed by atoms with van der Waals surface area (Å²) in [6.45, 7) is 2.36. The van der Waals surface area contributed by atoms with E-state index in [4.69, 9.17) is 4.42 Å². The normalized spacial score (nSPS) is 14.9. The summed E-state index contributed by atoms with van der Waals surface area (Å²) < 4.78 is 7.78. The van der Waals surface area contributed by atoms with Crippen LogP contribution in [0, 0.1) is 0 Å². The van der Waals surface area contributed by atoms with Crippen LogP contribution in [-0.4, -0.2) is 49.1 Å². The van der Waals surface area contributed by atoms with Crippen molar-refractivity contribution < 1.29 is 9.21 Å². The summed E-state index contributed by atoms with van der Waals surface area (Å²) in [5, 5.41) is 7.24. The largest absolute Gasteiger partial charge is 0.454 e. The molecule has 1 fully saturated rings. The molecule has 1 saturated heterocycles. The smallest absolute Gasteiger partial charge is 0.255 e. The Bertz CT molecular complexity index is 1360. The summed E-state index contributed by atoms with van der Waals surface area (Å²) in [5.74, 6) is 0.424. The number of anilines is 1. The van der Waals surface area contributed by atoms with Crippen molar-refractivity contribution in [3.05, 3.63) is 70.5 Å². The molecule has 0 aliphatic carbocycles. The molecule has 1 aliphatic heterocycles. The molecule has 0 unspecified atom stereocenters. The maximum absolute atomic E-state index is 13.0. The highest BCUT2D eigenvalue weighted by Crippen LogP contribution is 2.34. The second kappa shape index (κ2) is 8.84. The van der Waals surface area contributed by atoms with Gasteiger partial charge in [0.1, 0.15) is 11.1 Å². The van der Waals surface area contributed by atoms with Crippen molar-refractivity contribution in [2.45, 2.75) is 18.8 Å². The Morgan fingerprint density at radius 1 is 1.06 bits per heavy atom. The van der Waals surface area contributed by atoms with Crippen molar-refractivity contribution in [2.24, 2.45) is 0 Å². The summed E-state index contributed by atoms with van der Waals surface area (Å²) in [4.78, 5) is 26.9. The van der Waals surface area contributed by atoms with Crippen LogP contribution in [0.3, 0.4) is 0 Å². The van der Waals surface area contributed by atoms with Gasteiger partial charge in [-0.3, -0.25) is 14.2 Å². The predicted molar refractivity (Wildman–Crippen MR) is 131 cm³/mol. The minimum Gasteiger partial charge on any atom is -0.454 e. The summed E-state index contributed by atoms with van der Waals surface area (Å²) in [7, 11) is 3.70. The van der Waals surface area contributed by atoms with Gasteiger partial charge in [0.15, 0.2) is 5.58 Å². The lowest BCUT2D eigenvalue weighted by molar-refractivity contribution is -0.116. The Balaban J connectivity index is 1.56. The van der Waals surface area contributed by atoms with Crippen LogP contribution in [0.4, 0.5) is 5.69 Å². The zero-order valence-corrected chi connectivity index (χ0v) is 18.9. The third-order valence-corrected chi connectivity index (χ3v) is 6.21. The number of piperidine rings is 1. The molecule has 0 bridgehead atoms. The minimum atomic E-state index is -0.123. The Hall–Kier alpha value is -3.42. The first-order valence-corrected chi connectivity index (χ1v) is 11.3. The number of nitrogens with zero attached hydrogens (tertiary/aromatic N) is 2. The number of benzene rings is 2. The zero-order chi connectivity index (χ0) is 22.9. The number of likely N-dealkylation sites (N-methyl/N-ethyl adjacent to an activating group) is 1. The van der Waals surface area contributed by atoms with Gasteiger partial charge in [0.25, 0.3) is 5.56 Å². The topological polar surface area (TPSA) is 79.5 Å². The van der Waals surface area contributed by atoms with E-state index in [1.165, 1.54) is 11.6 Å². The predicted octanol–water partition coefficient (Wildman–Crippen LogP) is 3.70. The van der Waals surface area contributed by atoms with Crippen LogP contribution in [0.5, 0.6) is 0 Å². The summed E-state index contributed by atoms with van der Waals surface area (Å²) in [6.07, 6.45) is 2.21. The molecule has 2 N–H and O–H groups in total. The first-order chi connectivity index (χ1) is 16.0. The average Bonchev–Trinajstić information content (AvgIpc) is 3.18. The first-order valence-electron chi connectivity index (χ1n) is 11.3. The van der Waals surface area contributed by atoms with Gasteiger partial charge in [0.2, 0.25) is 5.91 Å². The molecule has 3 heterocycles. The lowest BCUT2D eigenvalue weighted by atomic mass is 9.89. The van der Waals surface area contributed by atoms with E-state index in [9.17, 15) is 9.59 Å². The fourth-order valence-electron chi connectivity index (χ4n) is 4.64. The second-order valence-corrected chi connectivity index (χ2v) is 8.93. The van der Waals surface area contributed by atoms with Crippen LogP contribution in [0.25, 0.3) is 27.8 Å².